The number of rotatable bonds is 2. The van der Waals surface area contributed by atoms with Gasteiger partial charge in [-0.05, 0) is 17.7 Å². The third-order valence-electron chi connectivity index (χ3n) is 3.10. The van der Waals surface area contributed by atoms with Gasteiger partial charge < -0.3 is 15.7 Å². The van der Waals surface area contributed by atoms with Crippen LogP contribution >= 0.6 is 0 Å². The summed E-state index contributed by atoms with van der Waals surface area (Å²) in [6, 6.07) is 11.8. The summed E-state index contributed by atoms with van der Waals surface area (Å²) in [5, 5.41) is 16.0. The fraction of sp³-hybridized carbons (Fsp3) is 0.143. The van der Waals surface area contributed by atoms with E-state index in [4.69, 9.17) is 0 Å². The number of nitrogens with zero attached hydrogens (tertiary/aromatic N) is 1. The predicted octanol–water partition coefficient (Wildman–Crippen LogP) is 1.55. The molecule has 0 bridgehead atoms. The van der Waals surface area contributed by atoms with E-state index < -0.39 is 12.1 Å². The number of carbonyl (C=O) groups is 1. The SMILES string of the molecule is O=C1Nc2cccnc2N[C@@H]1C(O)c1ccccc1. The van der Waals surface area contributed by atoms with Gasteiger partial charge in [-0.3, -0.25) is 4.79 Å². The van der Waals surface area contributed by atoms with Gasteiger partial charge in [-0.1, -0.05) is 30.3 Å². The highest BCUT2D eigenvalue weighted by Gasteiger charge is 2.32. The molecule has 0 fully saturated rings. The zero-order valence-corrected chi connectivity index (χ0v) is 10.1. The maximum Gasteiger partial charge on any atom is 0.250 e. The van der Waals surface area contributed by atoms with Gasteiger partial charge in [0.05, 0.1) is 5.69 Å². The number of pyridine rings is 1. The highest BCUT2D eigenvalue weighted by Crippen LogP contribution is 2.28. The lowest BCUT2D eigenvalue weighted by molar-refractivity contribution is -0.119. The van der Waals surface area contributed by atoms with E-state index in [9.17, 15) is 9.90 Å². The molecule has 1 aromatic carbocycles. The molecule has 1 unspecified atom stereocenters. The third-order valence-corrected chi connectivity index (χ3v) is 3.10. The first-order valence-corrected chi connectivity index (χ1v) is 6.01. The molecule has 5 nitrogen and oxygen atoms in total. The number of hydrogen-bond acceptors (Lipinski definition) is 4. The summed E-state index contributed by atoms with van der Waals surface area (Å²) in [7, 11) is 0. The lowest BCUT2D eigenvalue weighted by atomic mass is 10.00. The van der Waals surface area contributed by atoms with E-state index in [2.05, 4.69) is 15.6 Å². The fourth-order valence-electron chi connectivity index (χ4n) is 2.11. The standard InChI is InChI=1S/C14H13N3O2/c18-12(9-5-2-1-3-6-9)11-14(19)16-10-7-4-8-15-13(10)17-11/h1-8,11-12,18H,(H,15,17)(H,16,19)/t11-,12?/m1/s1. The first-order valence-electron chi connectivity index (χ1n) is 6.01. The van der Waals surface area contributed by atoms with Gasteiger partial charge in [0.2, 0.25) is 5.91 Å². The van der Waals surface area contributed by atoms with Crippen molar-refractivity contribution >= 4 is 17.4 Å². The van der Waals surface area contributed by atoms with E-state index in [1.165, 1.54) is 0 Å². The molecule has 0 radical (unpaired) electrons. The van der Waals surface area contributed by atoms with Gasteiger partial charge in [0, 0.05) is 6.20 Å². The molecule has 96 valence electrons. The Hall–Kier alpha value is -2.40. The quantitative estimate of drug-likeness (QED) is 0.761. The van der Waals surface area contributed by atoms with Gasteiger partial charge >= 0.3 is 0 Å². The number of aliphatic hydroxyl groups is 1. The zero-order chi connectivity index (χ0) is 13.2. The summed E-state index contributed by atoms with van der Waals surface area (Å²) in [6.07, 6.45) is 0.714. The van der Waals surface area contributed by atoms with Crippen molar-refractivity contribution < 1.29 is 9.90 Å². The first kappa shape index (κ1) is 11.7. The molecular formula is C14H13N3O2. The Balaban J connectivity index is 1.89. The molecule has 19 heavy (non-hydrogen) atoms. The van der Waals surface area contributed by atoms with Crippen LogP contribution in [-0.4, -0.2) is 22.0 Å². The van der Waals surface area contributed by atoms with Crippen LogP contribution < -0.4 is 10.6 Å². The Morgan fingerprint density at radius 3 is 2.74 bits per heavy atom. The van der Waals surface area contributed by atoms with Crippen LogP contribution in [0.4, 0.5) is 11.5 Å². The van der Waals surface area contributed by atoms with E-state index >= 15 is 0 Å². The lowest BCUT2D eigenvalue weighted by Crippen LogP contribution is -2.43. The second kappa shape index (κ2) is 4.70. The summed E-state index contributed by atoms with van der Waals surface area (Å²) < 4.78 is 0. The van der Waals surface area contributed by atoms with Gasteiger partial charge in [-0.15, -0.1) is 0 Å². The first-order chi connectivity index (χ1) is 9.25. The second-order valence-corrected chi connectivity index (χ2v) is 4.37. The van der Waals surface area contributed by atoms with Crippen LogP contribution in [0.2, 0.25) is 0 Å². The Labute approximate surface area is 110 Å². The minimum atomic E-state index is -0.920. The molecule has 0 saturated carbocycles. The van der Waals surface area contributed by atoms with Gasteiger partial charge in [-0.25, -0.2) is 4.98 Å². The van der Waals surface area contributed by atoms with E-state index in [-0.39, 0.29) is 5.91 Å². The summed E-state index contributed by atoms with van der Waals surface area (Å²) in [4.78, 5) is 16.2. The molecule has 1 amide bonds. The maximum absolute atomic E-state index is 12.0. The molecule has 1 aliphatic heterocycles. The predicted molar refractivity (Wildman–Crippen MR) is 71.7 cm³/mol. The van der Waals surface area contributed by atoms with E-state index in [0.29, 0.717) is 17.1 Å². The van der Waals surface area contributed by atoms with Crippen molar-refractivity contribution in [3.63, 3.8) is 0 Å². The van der Waals surface area contributed by atoms with Crippen LogP contribution in [-0.2, 0) is 4.79 Å². The molecule has 2 atom stereocenters. The van der Waals surface area contributed by atoms with Crippen LogP contribution in [0.3, 0.4) is 0 Å². The average Bonchev–Trinajstić information content (AvgIpc) is 2.47. The molecule has 3 N–H and O–H groups in total. The number of fused-ring (bicyclic) bond motifs is 1. The van der Waals surface area contributed by atoms with Gasteiger partial charge in [0.1, 0.15) is 12.1 Å². The molecule has 2 heterocycles. The van der Waals surface area contributed by atoms with Crippen LogP contribution in [0, 0.1) is 0 Å². The highest BCUT2D eigenvalue weighted by molar-refractivity contribution is 6.02. The second-order valence-electron chi connectivity index (χ2n) is 4.37. The van der Waals surface area contributed by atoms with Gasteiger partial charge in [0.15, 0.2) is 5.82 Å². The number of aromatic nitrogens is 1. The Kier molecular flexibility index (Phi) is 2.89. The minimum Gasteiger partial charge on any atom is -0.386 e. The number of hydrogen-bond donors (Lipinski definition) is 3. The number of benzene rings is 1. The zero-order valence-electron chi connectivity index (χ0n) is 10.1. The molecule has 1 aliphatic rings. The van der Waals surface area contributed by atoms with Crippen molar-refractivity contribution in [1.82, 2.24) is 4.98 Å². The van der Waals surface area contributed by atoms with Crippen molar-refractivity contribution in [1.29, 1.82) is 0 Å². The third kappa shape index (κ3) is 2.15. The summed E-state index contributed by atoms with van der Waals surface area (Å²) in [6.45, 7) is 0. The fourth-order valence-corrected chi connectivity index (χ4v) is 2.11. The molecule has 5 heteroatoms. The van der Waals surface area contributed by atoms with Crippen molar-refractivity contribution in [2.45, 2.75) is 12.1 Å². The van der Waals surface area contributed by atoms with Crippen molar-refractivity contribution in [3.05, 3.63) is 54.2 Å². The molecule has 3 rings (SSSR count). The van der Waals surface area contributed by atoms with E-state index in [1.54, 1.807) is 30.5 Å². The van der Waals surface area contributed by atoms with Crippen LogP contribution in [0.15, 0.2) is 48.7 Å². The van der Waals surface area contributed by atoms with Crippen molar-refractivity contribution in [2.75, 3.05) is 10.6 Å². The Bertz CT molecular complexity index is 601. The summed E-state index contributed by atoms with van der Waals surface area (Å²) >= 11 is 0. The molecule has 0 spiro atoms. The largest absolute Gasteiger partial charge is 0.386 e. The van der Waals surface area contributed by atoms with Gasteiger partial charge in [-0.2, -0.15) is 0 Å². The van der Waals surface area contributed by atoms with E-state index in [1.807, 2.05) is 18.2 Å². The molecule has 0 aliphatic carbocycles. The number of amides is 1. The van der Waals surface area contributed by atoms with Crippen LogP contribution in [0.5, 0.6) is 0 Å². The Morgan fingerprint density at radius 1 is 1.16 bits per heavy atom. The van der Waals surface area contributed by atoms with Gasteiger partial charge in [0.25, 0.3) is 0 Å². The van der Waals surface area contributed by atoms with E-state index in [0.717, 1.165) is 0 Å². The molecule has 2 aromatic rings. The minimum absolute atomic E-state index is 0.267. The van der Waals surface area contributed by atoms with Crippen LogP contribution in [0.1, 0.15) is 11.7 Å². The Morgan fingerprint density at radius 2 is 1.95 bits per heavy atom. The number of nitrogens with one attached hydrogen (secondary N) is 2. The topological polar surface area (TPSA) is 74.2 Å². The smallest absolute Gasteiger partial charge is 0.250 e. The highest BCUT2D eigenvalue weighted by atomic mass is 16.3. The summed E-state index contributed by atoms with van der Waals surface area (Å²) in [5.41, 5.74) is 1.32. The average molecular weight is 255 g/mol. The number of aliphatic hydroxyl groups excluding tert-OH is 1. The molecule has 0 saturated heterocycles. The number of carbonyl (C=O) groups excluding carboxylic acids is 1. The van der Waals surface area contributed by atoms with Crippen LogP contribution in [0.25, 0.3) is 0 Å². The monoisotopic (exact) mass is 255 g/mol. The normalized spacial score (nSPS) is 19.0. The molecule has 1 aromatic heterocycles. The van der Waals surface area contributed by atoms with Crippen molar-refractivity contribution in [2.24, 2.45) is 0 Å². The molecular weight excluding hydrogens is 242 g/mol. The number of anilines is 2. The lowest BCUT2D eigenvalue weighted by Gasteiger charge is -2.29. The van der Waals surface area contributed by atoms with Crippen molar-refractivity contribution in [3.8, 4) is 0 Å². The maximum atomic E-state index is 12.0. The summed E-state index contributed by atoms with van der Waals surface area (Å²) in [5.74, 6) is 0.305.